The summed E-state index contributed by atoms with van der Waals surface area (Å²) in [5, 5.41) is 12.3. The van der Waals surface area contributed by atoms with Crippen molar-refractivity contribution >= 4 is 23.8 Å². The van der Waals surface area contributed by atoms with Crippen LogP contribution in [0.25, 0.3) is 0 Å². The molecule has 3 atom stereocenters. The van der Waals surface area contributed by atoms with Crippen molar-refractivity contribution in [3.8, 4) is 0 Å². The Morgan fingerprint density at radius 3 is 2.29 bits per heavy atom. The lowest BCUT2D eigenvalue weighted by Crippen LogP contribution is -2.54. The number of rotatable bonds is 6. The van der Waals surface area contributed by atoms with Crippen LogP contribution < -0.4 is 5.32 Å². The average molecular weight is 316 g/mol. The van der Waals surface area contributed by atoms with Gasteiger partial charge in [0.05, 0.1) is 5.37 Å². The minimum absolute atomic E-state index is 0.0559. The Kier molecular flexibility index (Phi) is 6.84. The lowest BCUT2D eigenvalue weighted by molar-refractivity contribution is -0.141. The summed E-state index contributed by atoms with van der Waals surface area (Å²) in [5.41, 5.74) is 0. The first-order valence-electron chi connectivity index (χ1n) is 7.76. The van der Waals surface area contributed by atoms with Gasteiger partial charge in [0.1, 0.15) is 6.04 Å². The normalized spacial score (nSPS) is 23.7. The first-order chi connectivity index (χ1) is 9.83. The first kappa shape index (κ1) is 18.1. The highest BCUT2D eigenvalue weighted by Crippen LogP contribution is 2.34. The van der Waals surface area contributed by atoms with Crippen LogP contribution in [0.1, 0.15) is 47.5 Å². The van der Waals surface area contributed by atoms with Gasteiger partial charge >= 0.3 is 12.0 Å². The van der Waals surface area contributed by atoms with E-state index >= 15 is 0 Å². The topological polar surface area (TPSA) is 69.6 Å². The van der Waals surface area contributed by atoms with Crippen molar-refractivity contribution in [3.05, 3.63) is 0 Å². The van der Waals surface area contributed by atoms with Crippen LogP contribution in [0.5, 0.6) is 0 Å². The molecule has 2 N–H and O–H groups in total. The van der Waals surface area contributed by atoms with Gasteiger partial charge in [-0.2, -0.15) is 0 Å². The van der Waals surface area contributed by atoms with E-state index in [1.165, 1.54) is 4.90 Å². The molecule has 0 bridgehead atoms. The highest BCUT2D eigenvalue weighted by atomic mass is 32.2. The largest absolute Gasteiger partial charge is 0.480 e. The van der Waals surface area contributed by atoms with Crippen molar-refractivity contribution in [1.29, 1.82) is 0 Å². The number of carbonyl (C=O) groups excluding carboxylic acids is 1. The zero-order valence-corrected chi connectivity index (χ0v) is 14.4. The minimum Gasteiger partial charge on any atom is -0.480 e. The van der Waals surface area contributed by atoms with Gasteiger partial charge in [-0.3, -0.25) is 4.90 Å². The summed E-state index contributed by atoms with van der Waals surface area (Å²) in [6.07, 6.45) is 2.01. The van der Waals surface area contributed by atoms with Crippen LogP contribution in [-0.2, 0) is 4.79 Å². The Morgan fingerprint density at radius 2 is 1.86 bits per heavy atom. The van der Waals surface area contributed by atoms with Gasteiger partial charge in [-0.05, 0) is 18.8 Å². The minimum atomic E-state index is -0.920. The molecule has 0 aromatic heterocycles. The molecule has 21 heavy (non-hydrogen) atoms. The maximum Gasteiger partial charge on any atom is 0.327 e. The quantitative estimate of drug-likeness (QED) is 0.790. The predicted molar refractivity (Wildman–Crippen MR) is 86.4 cm³/mol. The number of carboxylic acid groups (broad SMARTS) is 1. The summed E-state index contributed by atoms with van der Waals surface area (Å²) >= 11 is 1.55. The van der Waals surface area contributed by atoms with E-state index in [1.54, 1.807) is 11.8 Å². The second kappa shape index (κ2) is 7.92. The summed E-state index contributed by atoms with van der Waals surface area (Å²) in [7, 11) is 0. The van der Waals surface area contributed by atoms with E-state index in [-0.39, 0.29) is 23.4 Å². The van der Waals surface area contributed by atoms with Gasteiger partial charge < -0.3 is 10.4 Å². The number of carboxylic acids is 1. The summed E-state index contributed by atoms with van der Waals surface area (Å²) in [6, 6.07) is -0.915. The Morgan fingerprint density at radius 1 is 1.29 bits per heavy atom. The molecule has 1 heterocycles. The SMILES string of the molecule is CCC(CC)C(C)NC(=O)N1C(C(=O)O)CSC1C(C)C. The smallest absolute Gasteiger partial charge is 0.327 e. The molecular weight excluding hydrogens is 288 g/mol. The van der Waals surface area contributed by atoms with E-state index in [4.69, 9.17) is 0 Å². The van der Waals surface area contributed by atoms with Gasteiger partial charge in [-0.15, -0.1) is 11.8 Å². The Hall–Kier alpha value is -0.910. The molecule has 0 aromatic rings. The predicted octanol–water partition coefficient (Wildman–Crippen LogP) is 3.00. The van der Waals surface area contributed by atoms with Crippen LogP contribution in [0.15, 0.2) is 0 Å². The van der Waals surface area contributed by atoms with Crippen molar-refractivity contribution in [3.63, 3.8) is 0 Å². The average Bonchev–Trinajstić information content (AvgIpc) is 2.84. The highest BCUT2D eigenvalue weighted by Gasteiger charge is 2.43. The Bertz CT molecular complexity index is 372. The number of nitrogens with zero attached hydrogens (tertiary/aromatic N) is 1. The van der Waals surface area contributed by atoms with Crippen LogP contribution in [-0.4, -0.2) is 45.2 Å². The van der Waals surface area contributed by atoms with Gasteiger partial charge in [-0.25, -0.2) is 9.59 Å². The third kappa shape index (κ3) is 4.28. The molecule has 1 rings (SSSR count). The molecule has 5 nitrogen and oxygen atoms in total. The standard InChI is InChI=1S/C15H28N2O3S/c1-6-11(7-2)10(5)16-15(20)17-12(14(18)19)8-21-13(17)9(3)4/h9-13H,6-8H2,1-5H3,(H,16,20)(H,18,19). The number of carbonyl (C=O) groups is 2. The van der Waals surface area contributed by atoms with Gasteiger partial charge in [0, 0.05) is 11.8 Å². The van der Waals surface area contributed by atoms with Crippen molar-refractivity contribution in [2.24, 2.45) is 11.8 Å². The summed E-state index contributed by atoms with van der Waals surface area (Å²) < 4.78 is 0. The van der Waals surface area contributed by atoms with Crippen LogP contribution in [0.2, 0.25) is 0 Å². The zero-order valence-electron chi connectivity index (χ0n) is 13.6. The highest BCUT2D eigenvalue weighted by molar-refractivity contribution is 8.00. The molecule has 6 heteroatoms. The number of urea groups is 1. The zero-order chi connectivity index (χ0) is 16.2. The summed E-state index contributed by atoms with van der Waals surface area (Å²) in [5.74, 6) is 0.194. The van der Waals surface area contributed by atoms with Crippen LogP contribution >= 0.6 is 11.8 Å². The molecule has 0 aromatic carbocycles. The van der Waals surface area contributed by atoms with E-state index < -0.39 is 12.0 Å². The molecule has 1 saturated heterocycles. The number of hydrogen-bond donors (Lipinski definition) is 2. The van der Waals surface area contributed by atoms with Crippen LogP contribution in [0.4, 0.5) is 4.79 Å². The molecule has 2 amide bonds. The van der Waals surface area contributed by atoms with Gasteiger partial charge in [-0.1, -0.05) is 40.5 Å². The molecule has 1 aliphatic rings. The van der Waals surface area contributed by atoms with Gasteiger partial charge in [0.25, 0.3) is 0 Å². The van der Waals surface area contributed by atoms with E-state index in [2.05, 4.69) is 19.2 Å². The fourth-order valence-corrected chi connectivity index (χ4v) is 4.34. The molecule has 0 saturated carbocycles. The molecule has 122 valence electrons. The number of hydrogen-bond acceptors (Lipinski definition) is 3. The monoisotopic (exact) mass is 316 g/mol. The fourth-order valence-electron chi connectivity index (χ4n) is 2.87. The number of aliphatic carboxylic acids is 1. The molecule has 0 radical (unpaired) electrons. The number of nitrogens with one attached hydrogen (secondary N) is 1. The number of amides is 2. The Balaban J connectivity index is 2.82. The molecule has 0 spiro atoms. The Labute approximate surface area is 131 Å². The molecule has 3 unspecified atom stereocenters. The van der Waals surface area contributed by atoms with Gasteiger partial charge in [0.15, 0.2) is 0 Å². The van der Waals surface area contributed by atoms with E-state index in [1.807, 2.05) is 20.8 Å². The molecule has 1 fully saturated rings. The second-order valence-corrected chi connectivity index (χ2v) is 7.19. The van der Waals surface area contributed by atoms with E-state index in [9.17, 15) is 14.7 Å². The van der Waals surface area contributed by atoms with Crippen molar-refractivity contribution < 1.29 is 14.7 Å². The summed E-state index contributed by atoms with van der Waals surface area (Å²) in [4.78, 5) is 25.5. The van der Waals surface area contributed by atoms with Crippen molar-refractivity contribution in [2.75, 3.05) is 5.75 Å². The maximum absolute atomic E-state index is 12.6. The number of thioether (sulfide) groups is 1. The lowest BCUT2D eigenvalue weighted by Gasteiger charge is -2.32. The third-order valence-corrected chi connectivity index (χ3v) is 5.85. The molecule has 0 aliphatic carbocycles. The maximum atomic E-state index is 12.6. The summed E-state index contributed by atoms with van der Waals surface area (Å²) in [6.45, 7) is 10.3. The van der Waals surface area contributed by atoms with Crippen molar-refractivity contribution in [1.82, 2.24) is 10.2 Å². The first-order valence-corrected chi connectivity index (χ1v) is 8.81. The second-order valence-electron chi connectivity index (χ2n) is 6.04. The van der Waals surface area contributed by atoms with Crippen molar-refractivity contribution in [2.45, 2.75) is 64.9 Å². The molecular formula is C15H28N2O3S. The van der Waals surface area contributed by atoms with E-state index in [0.717, 1.165) is 12.8 Å². The molecule has 1 aliphatic heterocycles. The van der Waals surface area contributed by atoms with Gasteiger partial charge in [0.2, 0.25) is 0 Å². The third-order valence-electron chi connectivity index (χ3n) is 4.23. The fraction of sp³-hybridized carbons (Fsp3) is 0.867. The lowest BCUT2D eigenvalue weighted by atomic mass is 9.96. The van der Waals surface area contributed by atoms with Crippen LogP contribution in [0.3, 0.4) is 0 Å². The van der Waals surface area contributed by atoms with Crippen LogP contribution in [0, 0.1) is 11.8 Å². The van der Waals surface area contributed by atoms with E-state index in [0.29, 0.717) is 11.7 Å².